The molecule has 158 valence electrons. The Kier molecular flexibility index (Phi) is 8.09. The van der Waals surface area contributed by atoms with Crippen LogP contribution in [0.1, 0.15) is 25.0 Å². The Labute approximate surface area is 178 Å². The molecule has 1 N–H and O–H groups in total. The zero-order valence-electron chi connectivity index (χ0n) is 17.6. The van der Waals surface area contributed by atoms with Crippen molar-refractivity contribution in [3.63, 3.8) is 0 Å². The fraction of sp³-hybridized carbons (Fsp3) is 0.478. The van der Waals surface area contributed by atoms with Crippen LogP contribution in [-0.2, 0) is 0 Å². The van der Waals surface area contributed by atoms with Gasteiger partial charge in [-0.3, -0.25) is 4.90 Å². The zero-order valence-corrected chi connectivity index (χ0v) is 18.5. The number of thioether (sulfide) groups is 1. The molecule has 0 amide bonds. The first-order valence-electron chi connectivity index (χ1n) is 10.2. The minimum atomic E-state index is -0.547. The monoisotopic (exact) mass is 416 g/mol. The summed E-state index contributed by atoms with van der Waals surface area (Å²) < 4.78 is 10.6. The maximum absolute atomic E-state index is 10.7. The number of ether oxygens (including phenoxy) is 2. The first-order chi connectivity index (χ1) is 14.2. The summed E-state index contributed by atoms with van der Waals surface area (Å²) in [7, 11) is 3.23. The molecule has 0 aromatic heterocycles. The molecule has 29 heavy (non-hydrogen) atoms. The van der Waals surface area contributed by atoms with Crippen LogP contribution in [0.2, 0.25) is 0 Å². The van der Waals surface area contributed by atoms with Crippen LogP contribution < -0.4 is 14.4 Å². The average molecular weight is 417 g/mol. The van der Waals surface area contributed by atoms with Gasteiger partial charge in [-0.15, -0.1) is 11.8 Å². The van der Waals surface area contributed by atoms with Gasteiger partial charge in [0, 0.05) is 37.6 Å². The van der Waals surface area contributed by atoms with Crippen molar-refractivity contribution in [2.24, 2.45) is 0 Å². The number of hydrogen-bond acceptors (Lipinski definition) is 6. The molecule has 1 fully saturated rings. The highest BCUT2D eigenvalue weighted by Gasteiger charge is 2.22. The molecule has 0 spiro atoms. The van der Waals surface area contributed by atoms with Gasteiger partial charge in [0.2, 0.25) is 0 Å². The van der Waals surface area contributed by atoms with Gasteiger partial charge in [-0.2, -0.15) is 0 Å². The molecule has 2 aromatic rings. The quantitative estimate of drug-likeness (QED) is 0.622. The molecule has 1 saturated heterocycles. The Morgan fingerprint density at radius 3 is 2.41 bits per heavy atom. The molecule has 6 heteroatoms. The Bertz CT molecular complexity index is 778. The van der Waals surface area contributed by atoms with Crippen molar-refractivity contribution >= 4 is 17.4 Å². The van der Waals surface area contributed by atoms with Crippen LogP contribution in [0, 0.1) is 0 Å². The SMILES string of the molecule is CCCSc1ccccc1N1CCN(CC(O)c2ccc(OC)c(OC)c2)CC1. The fourth-order valence-corrected chi connectivity index (χ4v) is 4.58. The lowest BCUT2D eigenvalue weighted by atomic mass is 10.1. The average Bonchev–Trinajstić information content (AvgIpc) is 2.78. The largest absolute Gasteiger partial charge is 0.493 e. The summed E-state index contributed by atoms with van der Waals surface area (Å²) in [6.07, 6.45) is 0.634. The number of anilines is 1. The normalized spacial score (nSPS) is 15.9. The summed E-state index contributed by atoms with van der Waals surface area (Å²) >= 11 is 1.94. The third kappa shape index (κ3) is 5.59. The van der Waals surface area contributed by atoms with Crippen molar-refractivity contribution in [2.75, 3.05) is 57.6 Å². The number of methoxy groups -OCH3 is 2. The smallest absolute Gasteiger partial charge is 0.161 e. The van der Waals surface area contributed by atoms with Gasteiger partial charge in [0.25, 0.3) is 0 Å². The van der Waals surface area contributed by atoms with E-state index in [0.717, 1.165) is 37.5 Å². The summed E-state index contributed by atoms with van der Waals surface area (Å²) in [5.41, 5.74) is 2.19. The van der Waals surface area contributed by atoms with Gasteiger partial charge >= 0.3 is 0 Å². The molecule has 1 aliphatic heterocycles. The van der Waals surface area contributed by atoms with Gasteiger partial charge in [-0.1, -0.05) is 25.1 Å². The number of para-hydroxylation sites is 1. The van der Waals surface area contributed by atoms with Crippen LogP contribution in [0.4, 0.5) is 5.69 Å². The van der Waals surface area contributed by atoms with E-state index in [1.807, 2.05) is 30.0 Å². The molecule has 5 nitrogen and oxygen atoms in total. The third-order valence-electron chi connectivity index (χ3n) is 5.26. The van der Waals surface area contributed by atoms with E-state index in [1.54, 1.807) is 14.2 Å². The fourth-order valence-electron chi connectivity index (χ4n) is 3.63. The summed E-state index contributed by atoms with van der Waals surface area (Å²) in [6, 6.07) is 14.3. The lowest BCUT2D eigenvalue weighted by Crippen LogP contribution is -2.47. The third-order valence-corrected chi connectivity index (χ3v) is 6.53. The molecule has 1 aliphatic rings. The second kappa shape index (κ2) is 10.8. The Morgan fingerprint density at radius 2 is 1.72 bits per heavy atom. The van der Waals surface area contributed by atoms with Gasteiger partial charge < -0.3 is 19.5 Å². The van der Waals surface area contributed by atoms with E-state index in [4.69, 9.17) is 9.47 Å². The number of piperazine rings is 1. The highest BCUT2D eigenvalue weighted by atomic mass is 32.2. The predicted molar refractivity (Wildman–Crippen MR) is 121 cm³/mol. The van der Waals surface area contributed by atoms with Crippen molar-refractivity contribution in [1.29, 1.82) is 0 Å². The Morgan fingerprint density at radius 1 is 1.00 bits per heavy atom. The second-order valence-corrected chi connectivity index (χ2v) is 8.37. The Balaban J connectivity index is 1.57. The first-order valence-corrected chi connectivity index (χ1v) is 11.2. The van der Waals surface area contributed by atoms with Crippen LogP contribution in [0.3, 0.4) is 0 Å². The standard InChI is InChI=1S/C23H32N2O3S/c1-4-15-29-23-8-6-5-7-19(23)25-13-11-24(12-14-25)17-20(26)18-9-10-21(27-2)22(16-18)28-3/h5-10,16,20,26H,4,11-15,17H2,1-3H3. The molecule has 1 unspecified atom stereocenters. The van der Waals surface area contributed by atoms with Crippen LogP contribution in [0.5, 0.6) is 11.5 Å². The maximum atomic E-state index is 10.7. The molecule has 1 atom stereocenters. The molecular formula is C23H32N2O3S. The summed E-state index contributed by atoms with van der Waals surface area (Å²) in [5, 5.41) is 10.7. The van der Waals surface area contributed by atoms with Gasteiger partial charge in [0.1, 0.15) is 0 Å². The van der Waals surface area contributed by atoms with Crippen molar-refractivity contribution in [3.05, 3.63) is 48.0 Å². The van der Waals surface area contributed by atoms with Crippen molar-refractivity contribution in [3.8, 4) is 11.5 Å². The van der Waals surface area contributed by atoms with Gasteiger partial charge in [0.15, 0.2) is 11.5 Å². The maximum Gasteiger partial charge on any atom is 0.161 e. The lowest BCUT2D eigenvalue weighted by Gasteiger charge is -2.37. The van der Waals surface area contributed by atoms with E-state index in [9.17, 15) is 5.11 Å². The summed E-state index contributed by atoms with van der Waals surface area (Å²) in [6.45, 7) is 6.67. The summed E-state index contributed by atoms with van der Waals surface area (Å²) in [5.74, 6) is 2.47. The van der Waals surface area contributed by atoms with Crippen molar-refractivity contribution < 1.29 is 14.6 Å². The molecule has 0 saturated carbocycles. The number of benzene rings is 2. The molecular weight excluding hydrogens is 384 g/mol. The summed E-state index contributed by atoms with van der Waals surface area (Å²) in [4.78, 5) is 6.17. The molecule has 3 rings (SSSR count). The van der Waals surface area contributed by atoms with Gasteiger partial charge in [-0.25, -0.2) is 0 Å². The molecule has 0 radical (unpaired) electrons. The van der Waals surface area contributed by atoms with E-state index in [1.165, 1.54) is 17.0 Å². The minimum Gasteiger partial charge on any atom is -0.493 e. The van der Waals surface area contributed by atoms with Crippen LogP contribution in [0.25, 0.3) is 0 Å². The first kappa shape index (κ1) is 21.8. The van der Waals surface area contributed by atoms with Crippen LogP contribution in [0.15, 0.2) is 47.4 Å². The number of aliphatic hydroxyl groups is 1. The minimum absolute atomic E-state index is 0.547. The molecule has 2 aromatic carbocycles. The lowest BCUT2D eigenvalue weighted by molar-refractivity contribution is 0.109. The van der Waals surface area contributed by atoms with E-state index >= 15 is 0 Å². The van der Waals surface area contributed by atoms with Gasteiger partial charge in [0.05, 0.1) is 26.0 Å². The highest BCUT2D eigenvalue weighted by Crippen LogP contribution is 2.32. The second-order valence-electron chi connectivity index (χ2n) is 7.23. The predicted octanol–water partition coefficient (Wildman–Crippen LogP) is 4.06. The highest BCUT2D eigenvalue weighted by molar-refractivity contribution is 7.99. The van der Waals surface area contributed by atoms with Crippen molar-refractivity contribution in [2.45, 2.75) is 24.3 Å². The number of aliphatic hydroxyl groups excluding tert-OH is 1. The van der Waals surface area contributed by atoms with E-state index in [-0.39, 0.29) is 0 Å². The Hall–Kier alpha value is -1.89. The van der Waals surface area contributed by atoms with E-state index in [2.05, 4.69) is 41.0 Å². The number of rotatable bonds is 9. The number of hydrogen-bond donors (Lipinski definition) is 1. The molecule has 0 aliphatic carbocycles. The molecule has 0 bridgehead atoms. The van der Waals surface area contributed by atoms with E-state index in [0.29, 0.717) is 18.0 Å². The zero-order chi connectivity index (χ0) is 20.6. The van der Waals surface area contributed by atoms with Gasteiger partial charge in [-0.05, 0) is 42.0 Å². The topological polar surface area (TPSA) is 45.2 Å². The number of nitrogens with zero attached hydrogens (tertiary/aromatic N) is 2. The van der Waals surface area contributed by atoms with Crippen LogP contribution in [-0.4, -0.2) is 62.7 Å². The number of β-amino-alcohol motifs (C(OH)–C–C–N with tert-alkyl or cyclic N) is 1. The van der Waals surface area contributed by atoms with E-state index < -0.39 is 6.10 Å². The molecule has 1 heterocycles. The van der Waals surface area contributed by atoms with Crippen LogP contribution >= 0.6 is 11.8 Å². The van der Waals surface area contributed by atoms with Crippen molar-refractivity contribution in [1.82, 2.24) is 4.90 Å².